The molecule has 0 spiro atoms. The Labute approximate surface area is 240 Å². The van der Waals surface area contributed by atoms with Crippen molar-refractivity contribution in [2.75, 3.05) is 23.7 Å². The number of hydrogen-bond donors (Lipinski definition) is 2. The van der Waals surface area contributed by atoms with E-state index in [2.05, 4.69) is 10.6 Å². The number of thiocarbonyl (C=S) groups is 2. The average molecular weight is 599 g/mol. The Hall–Kier alpha value is -3.38. The molecule has 0 aliphatic heterocycles. The molecule has 0 aliphatic carbocycles. The molecule has 0 saturated heterocycles. The number of benzene rings is 3. The van der Waals surface area contributed by atoms with E-state index in [9.17, 15) is 26.3 Å². The van der Waals surface area contributed by atoms with Gasteiger partial charge in [-0.05, 0) is 85.8 Å². The summed E-state index contributed by atoms with van der Waals surface area (Å²) in [5.74, 6) is 0. The predicted octanol–water partition coefficient (Wildman–Crippen LogP) is 8.16. The summed E-state index contributed by atoms with van der Waals surface area (Å²) in [6.07, 6.45) is -8.90. The van der Waals surface area contributed by atoms with Crippen molar-refractivity contribution in [3.8, 4) is 0 Å². The van der Waals surface area contributed by atoms with Gasteiger partial charge in [-0.3, -0.25) is 0 Å². The molecule has 214 valence electrons. The van der Waals surface area contributed by atoms with Crippen LogP contribution in [0.15, 0.2) is 72.8 Å². The van der Waals surface area contributed by atoms with Gasteiger partial charge in [0.15, 0.2) is 10.2 Å². The first kappa shape index (κ1) is 31.2. The quantitative estimate of drug-likeness (QED) is 0.201. The molecule has 4 nitrogen and oxygen atoms in total. The minimum atomic E-state index is -4.45. The molecule has 0 bridgehead atoms. The fourth-order valence-electron chi connectivity index (χ4n) is 3.80. The van der Waals surface area contributed by atoms with Crippen LogP contribution in [0.4, 0.5) is 37.7 Å². The normalized spacial score (nSPS) is 11.6. The molecular weight excluding hydrogens is 570 g/mol. The predicted molar refractivity (Wildman–Crippen MR) is 154 cm³/mol. The summed E-state index contributed by atoms with van der Waals surface area (Å²) in [5.41, 5.74) is 0.859. The first-order valence-corrected chi connectivity index (χ1v) is 13.2. The van der Waals surface area contributed by atoms with Crippen LogP contribution >= 0.6 is 24.4 Å². The van der Waals surface area contributed by atoms with Gasteiger partial charge in [-0.2, -0.15) is 26.3 Å². The van der Waals surface area contributed by atoms with Crippen molar-refractivity contribution in [2.24, 2.45) is 0 Å². The van der Waals surface area contributed by atoms with Crippen molar-refractivity contribution in [1.29, 1.82) is 0 Å². The third-order valence-electron chi connectivity index (χ3n) is 5.99. The number of nitrogens with one attached hydrogen (secondary N) is 2. The molecule has 0 fully saturated rings. The molecular formula is C28H28F6N4S2. The fraction of sp³-hybridized carbons (Fsp3) is 0.286. The Morgan fingerprint density at radius 3 is 1.27 bits per heavy atom. The summed E-state index contributed by atoms with van der Waals surface area (Å²) in [6, 6.07) is 17.4. The van der Waals surface area contributed by atoms with Crippen LogP contribution in [-0.2, 0) is 25.4 Å². The Kier molecular flexibility index (Phi) is 10.4. The zero-order chi connectivity index (χ0) is 29.5. The van der Waals surface area contributed by atoms with E-state index in [1.807, 2.05) is 47.9 Å². The number of rotatable bonds is 8. The highest BCUT2D eigenvalue weighted by molar-refractivity contribution is 7.80. The van der Waals surface area contributed by atoms with Crippen LogP contribution in [0.25, 0.3) is 0 Å². The van der Waals surface area contributed by atoms with Crippen LogP contribution in [-0.4, -0.2) is 33.1 Å². The largest absolute Gasteiger partial charge is 0.416 e. The smallest absolute Gasteiger partial charge is 0.345 e. The summed E-state index contributed by atoms with van der Waals surface area (Å²) in [5, 5.41) is 6.36. The van der Waals surface area contributed by atoms with Crippen LogP contribution in [0.5, 0.6) is 0 Å². The molecule has 0 saturated carbocycles. The molecule has 0 amide bonds. The summed E-state index contributed by atoms with van der Waals surface area (Å²) in [7, 11) is 0. The van der Waals surface area contributed by atoms with Crippen molar-refractivity contribution in [1.82, 2.24) is 9.80 Å². The van der Waals surface area contributed by atoms with E-state index >= 15 is 0 Å². The van der Waals surface area contributed by atoms with Gasteiger partial charge in [0.05, 0.1) is 11.1 Å². The zero-order valence-corrected chi connectivity index (χ0v) is 23.4. The lowest BCUT2D eigenvalue weighted by molar-refractivity contribution is -0.138. The first-order valence-electron chi connectivity index (χ1n) is 12.3. The third-order valence-corrected chi connectivity index (χ3v) is 6.71. The van der Waals surface area contributed by atoms with Gasteiger partial charge >= 0.3 is 12.4 Å². The molecule has 12 heteroatoms. The molecule has 3 aromatic rings. The SMILES string of the molecule is CCN(Cc1ccc(CN(CC)C(=S)Nc2cccc(C(F)(F)F)c2)cc1)C(=S)Nc1cccc(C(F)(F)F)c1. The summed E-state index contributed by atoms with van der Waals surface area (Å²) in [4.78, 5) is 3.66. The number of nitrogens with zero attached hydrogens (tertiary/aromatic N) is 2. The van der Waals surface area contributed by atoms with E-state index in [-0.39, 0.29) is 11.4 Å². The molecule has 0 atom stereocenters. The minimum absolute atomic E-state index is 0.253. The highest BCUT2D eigenvalue weighted by Crippen LogP contribution is 2.31. The second-order valence-electron chi connectivity index (χ2n) is 8.86. The maximum absolute atomic E-state index is 13.0. The first-order chi connectivity index (χ1) is 18.8. The second kappa shape index (κ2) is 13.3. The van der Waals surface area contributed by atoms with Crippen LogP contribution in [0, 0.1) is 0 Å². The summed E-state index contributed by atoms with van der Waals surface area (Å²) in [6.45, 7) is 5.73. The number of alkyl halides is 6. The van der Waals surface area contributed by atoms with Crippen LogP contribution in [0.1, 0.15) is 36.1 Å². The van der Waals surface area contributed by atoms with Crippen LogP contribution in [0.2, 0.25) is 0 Å². The maximum atomic E-state index is 13.0. The fourth-order valence-corrected chi connectivity index (χ4v) is 4.42. The van der Waals surface area contributed by atoms with Crippen molar-refractivity contribution < 1.29 is 26.3 Å². The molecule has 0 unspecified atom stereocenters. The van der Waals surface area contributed by atoms with Gasteiger partial charge in [-0.25, -0.2) is 0 Å². The lowest BCUT2D eigenvalue weighted by atomic mass is 10.1. The summed E-state index contributed by atoms with van der Waals surface area (Å²) < 4.78 is 78.2. The van der Waals surface area contributed by atoms with E-state index in [0.29, 0.717) is 36.4 Å². The lowest BCUT2D eigenvalue weighted by Gasteiger charge is -2.26. The van der Waals surface area contributed by atoms with E-state index in [1.54, 1.807) is 0 Å². The molecule has 40 heavy (non-hydrogen) atoms. The van der Waals surface area contributed by atoms with Crippen molar-refractivity contribution in [3.63, 3.8) is 0 Å². The monoisotopic (exact) mass is 598 g/mol. The standard InChI is InChI=1S/C28H28F6N4S2/c1-3-37(25(39)35-23-9-5-7-21(15-23)27(29,30)31)17-19-11-13-20(14-12-19)18-38(4-2)26(40)36-24-10-6-8-22(16-24)28(32,33)34/h5-16H,3-4,17-18H2,1-2H3,(H,35,39)(H,36,40). The van der Waals surface area contributed by atoms with Gasteiger partial charge in [-0.15, -0.1) is 0 Å². The highest BCUT2D eigenvalue weighted by atomic mass is 32.1. The van der Waals surface area contributed by atoms with E-state index in [0.717, 1.165) is 35.4 Å². The van der Waals surface area contributed by atoms with Crippen LogP contribution < -0.4 is 10.6 Å². The Morgan fingerprint density at radius 1 is 0.625 bits per heavy atom. The van der Waals surface area contributed by atoms with Crippen molar-refractivity contribution >= 4 is 46.0 Å². The zero-order valence-electron chi connectivity index (χ0n) is 21.7. The van der Waals surface area contributed by atoms with E-state index in [1.165, 1.54) is 24.3 Å². The van der Waals surface area contributed by atoms with E-state index in [4.69, 9.17) is 24.4 Å². The van der Waals surface area contributed by atoms with Gasteiger partial charge in [-0.1, -0.05) is 36.4 Å². The Balaban J connectivity index is 1.60. The van der Waals surface area contributed by atoms with Gasteiger partial charge in [0.25, 0.3) is 0 Å². The molecule has 3 aromatic carbocycles. The van der Waals surface area contributed by atoms with Gasteiger partial charge in [0.2, 0.25) is 0 Å². The van der Waals surface area contributed by atoms with Crippen LogP contribution in [0.3, 0.4) is 0 Å². The minimum Gasteiger partial charge on any atom is -0.345 e. The van der Waals surface area contributed by atoms with Gasteiger partial charge in [0.1, 0.15) is 0 Å². The number of anilines is 2. The maximum Gasteiger partial charge on any atom is 0.416 e. The molecule has 0 radical (unpaired) electrons. The topological polar surface area (TPSA) is 30.5 Å². The average Bonchev–Trinajstić information content (AvgIpc) is 2.90. The summed E-state index contributed by atoms with van der Waals surface area (Å²) >= 11 is 10.9. The van der Waals surface area contributed by atoms with Crippen molar-refractivity contribution in [2.45, 2.75) is 39.3 Å². The van der Waals surface area contributed by atoms with E-state index < -0.39 is 23.5 Å². The molecule has 0 heterocycles. The second-order valence-corrected chi connectivity index (χ2v) is 9.64. The number of halogens is 6. The lowest BCUT2D eigenvalue weighted by Crippen LogP contribution is -2.34. The van der Waals surface area contributed by atoms with Gasteiger partial charge < -0.3 is 20.4 Å². The highest BCUT2D eigenvalue weighted by Gasteiger charge is 2.31. The number of hydrogen-bond acceptors (Lipinski definition) is 2. The molecule has 3 rings (SSSR count). The molecule has 0 aliphatic rings. The molecule has 0 aromatic heterocycles. The third kappa shape index (κ3) is 8.82. The Morgan fingerprint density at radius 2 is 0.975 bits per heavy atom. The molecule has 2 N–H and O–H groups in total. The van der Waals surface area contributed by atoms with Gasteiger partial charge in [0, 0.05) is 37.6 Å². The Bertz CT molecular complexity index is 1210. The van der Waals surface area contributed by atoms with Crippen molar-refractivity contribution in [3.05, 3.63) is 95.1 Å².